The molecule has 0 unspecified atom stereocenters. The molecule has 0 spiro atoms. The average Bonchev–Trinajstić information content (AvgIpc) is 2.03. The Kier molecular flexibility index (Phi) is 8.71. The molecule has 0 bridgehead atoms. The van der Waals surface area contributed by atoms with Gasteiger partial charge in [-0.15, -0.1) is 0 Å². The molecule has 0 rings (SSSR count). The van der Waals surface area contributed by atoms with Gasteiger partial charge in [0, 0.05) is 15.1 Å². The van der Waals surface area contributed by atoms with Gasteiger partial charge in [-0.2, -0.15) is 0 Å². The van der Waals surface area contributed by atoms with Crippen LogP contribution in [-0.2, 0) is 30.1 Å². The molecule has 11 heavy (non-hydrogen) atoms. The first kappa shape index (κ1) is 10.3. The molecule has 0 aromatic heterocycles. The SMILES string of the molecule is CC/C=C/OOOOOOO. The molecule has 0 atom stereocenters. The molecular weight excluding hydrogens is 160 g/mol. The highest BCUT2D eigenvalue weighted by Crippen LogP contribution is 1.87. The maximum atomic E-state index is 7.47. The zero-order chi connectivity index (χ0) is 8.36. The third kappa shape index (κ3) is 9.30. The largest absolute Gasteiger partial charge is 0.314 e. The molecule has 0 aliphatic heterocycles. The summed E-state index contributed by atoms with van der Waals surface area (Å²) in [4.78, 5) is 4.18. The molecule has 66 valence electrons. The van der Waals surface area contributed by atoms with E-state index in [-0.39, 0.29) is 0 Å². The van der Waals surface area contributed by atoms with Gasteiger partial charge in [-0.05, 0) is 22.6 Å². The average molecular weight is 168 g/mol. The van der Waals surface area contributed by atoms with Crippen LogP contribution in [-0.4, -0.2) is 5.26 Å². The normalized spacial score (nSPS) is 10.7. The third-order valence-electron chi connectivity index (χ3n) is 0.541. The van der Waals surface area contributed by atoms with Crippen molar-refractivity contribution < 1.29 is 35.3 Å². The van der Waals surface area contributed by atoms with Crippen molar-refractivity contribution in [1.82, 2.24) is 0 Å². The lowest BCUT2D eigenvalue weighted by molar-refractivity contribution is -0.783. The van der Waals surface area contributed by atoms with E-state index >= 15 is 0 Å². The van der Waals surface area contributed by atoms with Crippen molar-refractivity contribution >= 4 is 0 Å². The molecule has 0 heterocycles. The molecule has 0 aromatic carbocycles. The Morgan fingerprint density at radius 2 is 1.91 bits per heavy atom. The van der Waals surface area contributed by atoms with Gasteiger partial charge in [-0.3, -0.25) is 0 Å². The summed E-state index contributed by atoms with van der Waals surface area (Å²) in [6.45, 7) is 1.90. The molecule has 0 aliphatic rings. The van der Waals surface area contributed by atoms with Crippen LogP contribution in [0.1, 0.15) is 13.3 Å². The first-order chi connectivity index (χ1) is 5.41. The summed E-state index contributed by atoms with van der Waals surface area (Å²) in [7, 11) is 0. The maximum absolute atomic E-state index is 7.47. The fourth-order valence-corrected chi connectivity index (χ4v) is 0.209. The van der Waals surface area contributed by atoms with Crippen molar-refractivity contribution in [3.63, 3.8) is 0 Å². The van der Waals surface area contributed by atoms with E-state index in [1.165, 1.54) is 6.26 Å². The van der Waals surface area contributed by atoms with Gasteiger partial charge < -0.3 is 4.89 Å². The summed E-state index contributed by atoms with van der Waals surface area (Å²) in [6, 6.07) is 0. The molecule has 0 saturated heterocycles. The van der Waals surface area contributed by atoms with E-state index in [2.05, 4.69) is 30.1 Å². The molecule has 7 nitrogen and oxygen atoms in total. The van der Waals surface area contributed by atoms with Gasteiger partial charge in [0.2, 0.25) is 0 Å². The Hall–Kier alpha value is -0.700. The van der Waals surface area contributed by atoms with Crippen LogP contribution >= 0.6 is 0 Å². The molecule has 7 heteroatoms. The Balaban J connectivity index is 2.85. The first-order valence-corrected chi connectivity index (χ1v) is 2.70. The lowest BCUT2D eigenvalue weighted by Gasteiger charge is -1.94. The highest BCUT2D eigenvalue weighted by Gasteiger charge is 1.87. The topological polar surface area (TPSA) is 75.6 Å². The second-order valence-corrected chi connectivity index (χ2v) is 1.22. The first-order valence-electron chi connectivity index (χ1n) is 2.70. The van der Waals surface area contributed by atoms with Crippen molar-refractivity contribution in [1.29, 1.82) is 0 Å². The number of hydrogen-bond acceptors (Lipinski definition) is 7. The molecule has 0 radical (unpaired) electrons. The summed E-state index contributed by atoms with van der Waals surface area (Å²) in [6.07, 6.45) is 3.68. The molecule has 0 amide bonds. The van der Waals surface area contributed by atoms with E-state index < -0.39 is 0 Å². The Labute approximate surface area is 62.2 Å². The van der Waals surface area contributed by atoms with Gasteiger partial charge in [-0.25, -0.2) is 5.26 Å². The Morgan fingerprint density at radius 3 is 2.55 bits per heavy atom. The zero-order valence-electron chi connectivity index (χ0n) is 5.76. The zero-order valence-corrected chi connectivity index (χ0v) is 5.76. The van der Waals surface area contributed by atoms with E-state index in [0.717, 1.165) is 6.42 Å². The molecule has 0 aromatic rings. The van der Waals surface area contributed by atoms with Gasteiger partial charge in [0.05, 0.1) is 0 Å². The molecule has 0 fully saturated rings. The molecular formula is C4H8O7. The summed E-state index contributed by atoms with van der Waals surface area (Å²) in [5.41, 5.74) is 0. The van der Waals surface area contributed by atoms with Crippen LogP contribution in [0.15, 0.2) is 12.3 Å². The fraction of sp³-hybridized carbons (Fsp3) is 0.500. The fourth-order valence-electron chi connectivity index (χ4n) is 0.209. The standard InChI is InChI=1S/C4H8O7/c1-2-3-4-6-8-10-11-9-7-5/h3-5H,2H2,1H3/b4-3+. The van der Waals surface area contributed by atoms with Gasteiger partial charge in [-0.1, -0.05) is 6.92 Å². The molecule has 1 N–H and O–H groups in total. The van der Waals surface area contributed by atoms with Crippen LogP contribution < -0.4 is 0 Å². The second-order valence-electron chi connectivity index (χ2n) is 1.22. The minimum absolute atomic E-state index is 0.792. The number of hydrogen-bond donors (Lipinski definition) is 1. The third-order valence-corrected chi connectivity index (χ3v) is 0.541. The summed E-state index contributed by atoms with van der Waals surface area (Å²) < 4.78 is 0. The van der Waals surface area contributed by atoms with E-state index in [0.29, 0.717) is 0 Å². The lowest BCUT2D eigenvalue weighted by atomic mass is 10.5. The van der Waals surface area contributed by atoms with Crippen molar-refractivity contribution in [2.45, 2.75) is 13.3 Å². The van der Waals surface area contributed by atoms with Crippen LogP contribution in [0.4, 0.5) is 0 Å². The van der Waals surface area contributed by atoms with Crippen LogP contribution in [0, 0.1) is 0 Å². The van der Waals surface area contributed by atoms with Gasteiger partial charge in [0.15, 0.2) is 0 Å². The Morgan fingerprint density at radius 1 is 1.18 bits per heavy atom. The van der Waals surface area contributed by atoms with Gasteiger partial charge in [0.25, 0.3) is 0 Å². The van der Waals surface area contributed by atoms with Gasteiger partial charge in [0.1, 0.15) is 6.26 Å². The monoisotopic (exact) mass is 168 g/mol. The summed E-state index contributed by atoms with van der Waals surface area (Å²) in [5.74, 6) is 0. The van der Waals surface area contributed by atoms with Crippen LogP contribution in [0.25, 0.3) is 0 Å². The number of allylic oxidation sites excluding steroid dienone is 1. The summed E-state index contributed by atoms with van der Waals surface area (Å²) >= 11 is 0. The van der Waals surface area contributed by atoms with E-state index in [9.17, 15) is 0 Å². The van der Waals surface area contributed by atoms with Crippen LogP contribution in [0.2, 0.25) is 0 Å². The smallest absolute Gasteiger partial charge is 0.129 e. The van der Waals surface area contributed by atoms with Crippen LogP contribution in [0.3, 0.4) is 0 Å². The van der Waals surface area contributed by atoms with Crippen molar-refractivity contribution in [2.24, 2.45) is 0 Å². The summed E-state index contributed by atoms with van der Waals surface area (Å²) in [5, 5.41) is 24.7. The predicted octanol–water partition coefficient (Wildman–Crippen LogP) is 1.06. The minimum Gasteiger partial charge on any atom is -0.314 e. The van der Waals surface area contributed by atoms with E-state index in [4.69, 9.17) is 5.26 Å². The minimum atomic E-state index is 0.792. The highest BCUT2D eigenvalue weighted by atomic mass is 17.9. The predicted molar refractivity (Wildman–Crippen MR) is 28.6 cm³/mol. The van der Waals surface area contributed by atoms with Crippen molar-refractivity contribution in [3.8, 4) is 0 Å². The van der Waals surface area contributed by atoms with Crippen molar-refractivity contribution in [3.05, 3.63) is 12.3 Å². The Bertz CT molecular complexity index is 92.4. The maximum Gasteiger partial charge on any atom is 0.129 e. The lowest BCUT2D eigenvalue weighted by Crippen LogP contribution is -1.96. The second kappa shape index (κ2) is 9.30. The molecule has 0 aliphatic carbocycles. The van der Waals surface area contributed by atoms with Gasteiger partial charge >= 0.3 is 0 Å². The van der Waals surface area contributed by atoms with E-state index in [1.807, 2.05) is 6.92 Å². The highest BCUT2D eigenvalue weighted by molar-refractivity contribution is 4.68. The van der Waals surface area contributed by atoms with Crippen LogP contribution in [0.5, 0.6) is 0 Å². The number of rotatable bonds is 7. The van der Waals surface area contributed by atoms with E-state index in [1.54, 1.807) is 6.08 Å². The van der Waals surface area contributed by atoms with Crippen molar-refractivity contribution in [2.75, 3.05) is 0 Å². The molecule has 0 saturated carbocycles. The quantitative estimate of drug-likeness (QED) is 0.263.